The molecule has 1 aliphatic rings. The smallest absolute Gasteiger partial charge is 0.270 e. The molecule has 1 aromatic rings. The molecule has 7 heteroatoms. The van der Waals surface area contributed by atoms with Gasteiger partial charge in [0.05, 0.1) is 3.79 Å². The van der Waals surface area contributed by atoms with Gasteiger partial charge in [0.2, 0.25) is 5.91 Å². The van der Waals surface area contributed by atoms with Crippen LogP contribution >= 0.6 is 27.3 Å². The van der Waals surface area contributed by atoms with Gasteiger partial charge in [0, 0.05) is 26.4 Å². The minimum Gasteiger partial charge on any atom is -0.336 e. The van der Waals surface area contributed by atoms with Crippen molar-refractivity contribution in [3.8, 4) is 0 Å². The molecule has 0 atom stereocenters. The first-order valence-electron chi connectivity index (χ1n) is 5.40. The van der Waals surface area contributed by atoms with Crippen molar-refractivity contribution in [1.82, 2.24) is 10.3 Å². The summed E-state index contributed by atoms with van der Waals surface area (Å²) in [6.45, 7) is 0.536. The Balaban J connectivity index is 1.98. The van der Waals surface area contributed by atoms with E-state index in [1.165, 1.54) is 0 Å². The SMILES string of the molecule is CN(Cc1csc(Br)c1)C(=O)C1=NNC(=O)CC1. The van der Waals surface area contributed by atoms with Crippen LogP contribution in [-0.4, -0.2) is 29.5 Å². The van der Waals surface area contributed by atoms with Crippen molar-refractivity contribution in [2.45, 2.75) is 19.4 Å². The second kappa shape index (κ2) is 5.62. The highest BCUT2D eigenvalue weighted by molar-refractivity contribution is 9.11. The number of hydrogen-bond donors (Lipinski definition) is 1. The average Bonchev–Trinajstić information content (AvgIpc) is 2.75. The summed E-state index contributed by atoms with van der Waals surface area (Å²) in [7, 11) is 1.73. The first-order chi connectivity index (χ1) is 8.56. The first-order valence-corrected chi connectivity index (χ1v) is 7.07. The van der Waals surface area contributed by atoms with Gasteiger partial charge in [-0.05, 0) is 32.9 Å². The Labute approximate surface area is 117 Å². The van der Waals surface area contributed by atoms with E-state index in [2.05, 4.69) is 26.5 Å². The van der Waals surface area contributed by atoms with Crippen molar-refractivity contribution in [3.63, 3.8) is 0 Å². The fraction of sp³-hybridized carbons (Fsp3) is 0.364. The summed E-state index contributed by atoms with van der Waals surface area (Å²) in [5.41, 5.74) is 3.81. The van der Waals surface area contributed by atoms with E-state index in [0.29, 0.717) is 25.1 Å². The molecule has 1 N–H and O–H groups in total. The standard InChI is InChI=1S/C11H12BrN3O2S/c1-15(5-7-4-9(12)18-6-7)11(17)8-2-3-10(16)14-13-8/h4,6H,2-3,5H2,1H3,(H,14,16). The number of hydrazone groups is 1. The lowest BCUT2D eigenvalue weighted by Gasteiger charge is -2.19. The molecule has 1 aromatic heterocycles. The molecule has 5 nitrogen and oxygen atoms in total. The fourth-order valence-electron chi connectivity index (χ4n) is 1.62. The molecule has 2 rings (SSSR count). The van der Waals surface area contributed by atoms with Crippen molar-refractivity contribution in [2.75, 3.05) is 7.05 Å². The van der Waals surface area contributed by atoms with Crippen LogP contribution in [0.25, 0.3) is 0 Å². The number of carbonyl (C=O) groups excluding carboxylic acids is 2. The molecule has 0 saturated carbocycles. The Bertz CT molecular complexity index is 512. The van der Waals surface area contributed by atoms with E-state index in [9.17, 15) is 9.59 Å². The number of amides is 2. The zero-order valence-electron chi connectivity index (χ0n) is 9.77. The maximum atomic E-state index is 12.1. The maximum absolute atomic E-state index is 12.1. The van der Waals surface area contributed by atoms with Gasteiger partial charge >= 0.3 is 0 Å². The summed E-state index contributed by atoms with van der Waals surface area (Å²) in [4.78, 5) is 24.6. The topological polar surface area (TPSA) is 61.8 Å². The van der Waals surface area contributed by atoms with Crippen LogP contribution in [0, 0.1) is 0 Å². The van der Waals surface area contributed by atoms with Crippen LogP contribution in [0.4, 0.5) is 0 Å². The second-order valence-electron chi connectivity index (χ2n) is 4.01. The Kier molecular flexibility index (Phi) is 4.13. The van der Waals surface area contributed by atoms with E-state index in [1.54, 1.807) is 23.3 Å². The van der Waals surface area contributed by atoms with Gasteiger partial charge in [-0.25, -0.2) is 5.43 Å². The molecule has 0 fully saturated rings. The van der Waals surface area contributed by atoms with Gasteiger partial charge in [0.15, 0.2) is 0 Å². The van der Waals surface area contributed by atoms with Gasteiger partial charge in [0.25, 0.3) is 5.91 Å². The number of hydrogen-bond acceptors (Lipinski definition) is 4. The van der Waals surface area contributed by atoms with Crippen LogP contribution in [-0.2, 0) is 16.1 Å². The highest BCUT2D eigenvalue weighted by Crippen LogP contribution is 2.21. The molecule has 18 heavy (non-hydrogen) atoms. The molecule has 0 aliphatic carbocycles. The van der Waals surface area contributed by atoms with Gasteiger partial charge in [-0.2, -0.15) is 5.10 Å². The van der Waals surface area contributed by atoms with E-state index in [-0.39, 0.29) is 11.8 Å². The number of carbonyl (C=O) groups is 2. The van der Waals surface area contributed by atoms with E-state index in [4.69, 9.17) is 0 Å². The molecule has 0 spiro atoms. The number of thiophene rings is 1. The van der Waals surface area contributed by atoms with E-state index in [0.717, 1.165) is 9.35 Å². The summed E-state index contributed by atoms with van der Waals surface area (Å²) in [5, 5.41) is 5.80. The summed E-state index contributed by atoms with van der Waals surface area (Å²) in [6, 6.07) is 1.99. The second-order valence-corrected chi connectivity index (χ2v) is 6.30. The molecule has 0 bridgehead atoms. The zero-order chi connectivity index (χ0) is 13.1. The number of nitrogens with zero attached hydrogens (tertiary/aromatic N) is 2. The van der Waals surface area contributed by atoms with Crippen molar-refractivity contribution in [2.24, 2.45) is 5.10 Å². The summed E-state index contributed by atoms with van der Waals surface area (Å²) in [6.07, 6.45) is 0.727. The Morgan fingerprint density at radius 3 is 2.94 bits per heavy atom. The molecule has 0 unspecified atom stereocenters. The van der Waals surface area contributed by atoms with Gasteiger partial charge in [-0.3, -0.25) is 9.59 Å². The number of halogens is 1. The van der Waals surface area contributed by atoms with Gasteiger partial charge < -0.3 is 4.90 Å². The maximum Gasteiger partial charge on any atom is 0.270 e. The van der Waals surface area contributed by atoms with Crippen LogP contribution in [0.1, 0.15) is 18.4 Å². The molecule has 1 aliphatic heterocycles. The molecule has 0 aromatic carbocycles. The fourth-order valence-corrected chi connectivity index (χ4v) is 2.82. The highest BCUT2D eigenvalue weighted by atomic mass is 79.9. The normalized spacial score (nSPS) is 15.0. The highest BCUT2D eigenvalue weighted by Gasteiger charge is 2.21. The van der Waals surface area contributed by atoms with Crippen molar-refractivity contribution < 1.29 is 9.59 Å². The third-order valence-electron chi connectivity index (χ3n) is 2.54. The largest absolute Gasteiger partial charge is 0.336 e. The van der Waals surface area contributed by atoms with Crippen LogP contribution in [0.5, 0.6) is 0 Å². The molecule has 2 amide bonds. The Morgan fingerprint density at radius 1 is 1.61 bits per heavy atom. The molecular formula is C11H12BrN3O2S. The zero-order valence-corrected chi connectivity index (χ0v) is 12.2. The number of nitrogens with one attached hydrogen (secondary N) is 1. The Hall–Kier alpha value is -1.21. The lowest BCUT2D eigenvalue weighted by molar-refractivity contribution is -0.124. The predicted octanol–water partition coefficient (Wildman–Crippen LogP) is 1.73. The third-order valence-corrected chi connectivity index (χ3v) is 4.09. The Morgan fingerprint density at radius 2 is 2.39 bits per heavy atom. The van der Waals surface area contributed by atoms with Crippen LogP contribution in [0.3, 0.4) is 0 Å². The molecule has 2 heterocycles. The van der Waals surface area contributed by atoms with Crippen LogP contribution in [0.2, 0.25) is 0 Å². The monoisotopic (exact) mass is 329 g/mol. The minimum atomic E-state index is -0.143. The molecule has 96 valence electrons. The van der Waals surface area contributed by atoms with Gasteiger partial charge in [0.1, 0.15) is 5.71 Å². The van der Waals surface area contributed by atoms with Crippen molar-refractivity contribution in [1.29, 1.82) is 0 Å². The van der Waals surface area contributed by atoms with Gasteiger partial charge in [-0.1, -0.05) is 0 Å². The quantitative estimate of drug-likeness (QED) is 0.918. The van der Waals surface area contributed by atoms with Crippen LogP contribution < -0.4 is 5.43 Å². The lowest BCUT2D eigenvalue weighted by Crippen LogP contribution is -2.37. The molecular weight excluding hydrogens is 318 g/mol. The summed E-state index contributed by atoms with van der Waals surface area (Å²) >= 11 is 4.97. The van der Waals surface area contributed by atoms with Crippen LogP contribution in [0.15, 0.2) is 20.3 Å². The van der Waals surface area contributed by atoms with Crippen molar-refractivity contribution in [3.05, 3.63) is 20.8 Å². The summed E-state index contributed by atoms with van der Waals surface area (Å²) < 4.78 is 1.04. The number of rotatable bonds is 3. The lowest BCUT2D eigenvalue weighted by atomic mass is 10.1. The van der Waals surface area contributed by atoms with Crippen molar-refractivity contribution >= 4 is 44.8 Å². The third kappa shape index (κ3) is 3.17. The van der Waals surface area contributed by atoms with E-state index in [1.807, 2.05) is 11.4 Å². The first kappa shape index (κ1) is 13.2. The average molecular weight is 330 g/mol. The van der Waals surface area contributed by atoms with Gasteiger partial charge in [-0.15, -0.1) is 11.3 Å². The summed E-state index contributed by atoms with van der Waals surface area (Å²) in [5.74, 6) is -0.284. The molecule has 0 saturated heterocycles. The van der Waals surface area contributed by atoms with E-state index >= 15 is 0 Å². The predicted molar refractivity (Wildman–Crippen MR) is 73.3 cm³/mol. The molecule has 0 radical (unpaired) electrons. The minimum absolute atomic E-state index is 0.141. The van der Waals surface area contributed by atoms with E-state index < -0.39 is 0 Å².